The summed E-state index contributed by atoms with van der Waals surface area (Å²) in [4.78, 5) is 0. The van der Waals surface area contributed by atoms with E-state index in [9.17, 15) is 0 Å². The summed E-state index contributed by atoms with van der Waals surface area (Å²) in [6, 6.07) is 0. The van der Waals surface area contributed by atoms with Gasteiger partial charge in [0.2, 0.25) is 0 Å². The van der Waals surface area contributed by atoms with Gasteiger partial charge in [0.15, 0.2) is 6.29 Å². The van der Waals surface area contributed by atoms with Gasteiger partial charge < -0.3 is 9.47 Å². The summed E-state index contributed by atoms with van der Waals surface area (Å²) in [6.45, 7) is 2.17. The van der Waals surface area contributed by atoms with Gasteiger partial charge in [-0.3, -0.25) is 0 Å². The number of rotatable bonds is 3. The van der Waals surface area contributed by atoms with Crippen LogP contribution >= 0.6 is 22.6 Å². The maximum absolute atomic E-state index is 5.68. The summed E-state index contributed by atoms with van der Waals surface area (Å²) in [5, 5.41) is 0. The van der Waals surface area contributed by atoms with Crippen molar-refractivity contribution in [1.82, 2.24) is 0 Å². The van der Waals surface area contributed by atoms with Crippen LogP contribution in [0.2, 0.25) is 0 Å². The summed E-state index contributed by atoms with van der Waals surface area (Å²) in [7, 11) is 1.66. The summed E-state index contributed by atoms with van der Waals surface area (Å²) < 4.78 is 12.8. The van der Waals surface area contributed by atoms with Gasteiger partial charge in [0.05, 0.1) is 6.10 Å². The maximum Gasteiger partial charge on any atom is 0.177 e. The Hall–Kier alpha value is 0.130. The van der Waals surface area contributed by atoms with Crippen molar-refractivity contribution in [2.75, 3.05) is 7.11 Å². The van der Waals surface area contributed by atoms with E-state index in [1.165, 1.54) is 0 Å². The Bertz CT molecular complexity index is 201. The topological polar surface area (TPSA) is 18.5 Å². The molecule has 0 radical (unpaired) electrons. The third kappa shape index (κ3) is 3.07. The van der Waals surface area contributed by atoms with Crippen molar-refractivity contribution >= 4 is 22.6 Å². The lowest BCUT2D eigenvalue weighted by molar-refractivity contribution is -0.130. The lowest BCUT2D eigenvalue weighted by atomic mass is 9.97. The van der Waals surface area contributed by atoms with Crippen molar-refractivity contribution < 1.29 is 9.47 Å². The Kier molecular flexibility index (Phi) is 4.98. The third-order valence-electron chi connectivity index (χ3n) is 2.19. The fourth-order valence-electron chi connectivity index (χ4n) is 1.41. The molecular weight excluding hydrogens is 279 g/mol. The zero-order valence-corrected chi connectivity index (χ0v) is 10.1. The summed E-state index contributed by atoms with van der Waals surface area (Å²) in [6.07, 6.45) is 7.31. The van der Waals surface area contributed by atoms with Crippen LogP contribution in [0.25, 0.3) is 0 Å². The minimum absolute atomic E-state index is 0.164. The second-order valence-electron chi connectivity index (χ2n) is 2.98. The van der Waals surface area contributed by atoms with Crippen LogP contribution in [-0.4, -0.2) is 19.5 Å². The van der Waals surface area contributed by atoms with E-state index >= 15 is 0 Å². The van der Waals surface area contributed by atoms with Crippen molar-refractivity contribution in [2.24, 2.45) is 5.92 Å². The van der Waals surface area contributed by atoms with Crippen LogP contribution in [0.15, 0.2) is 22.3 Å². The molecular formula is C10H15IO2. The van der Waals surface area contributed by atoms with Gasteiger partial charge in [0.25, 0.3) is 0 Å². The van der Waals surface area contributed by atoms with Crippen molar-refractivity contribution in [3.8, 4) is 0 Å². The number of hydrogen-bond donors (Lipinski definition) is 0. The molecule has 13 heavy (non-hydrogen) atoms. The molecule has 1 heterocycles. The first-order chi connectivity index (χ1) is 6.31. The van der Waals surface area contributed by atoms with Gasteiger partial charge in [-0.15, -0.1) is 0 Å². The number of hydrogen-bond acceptors (Lipinski definition) is 2. The second kappa shape index (κ2) is 5.78. The van der Waals surface area contributed by atoms with Crippen molar-refractivity contribution in [2.45, 2.75) is 25.7 Å². The Labute approximate surface area is 93.1 Å². The molecule has 3 atom stereocenters. The standard InChI is InChI=1S/C10H15IO2/c1-3-8-4-5-10(12-2)13-9(8)6-7-11/h4-10H,3H2,1-2H3/b7-6+/t8-,9-,10+/m0/s1. The Morgan fingerprint density at radius 3 is 2.85 bits per heavy atom. The minimum atomic E-state index is -0.180. The smallest absolute Gasteiger partial charge is 0.177 e. The highest BCUT2D eigenvalue weighted by molar-refractivity contribution is 14.1. The maximum atomic E-state index is 5.68. The lowest BCUT2D eigenvalue weighted by Crippen LogP contribution is -2.30. The molecule has 0 saturated carbocycles. The second-order valence-corrected chi connectivity index (χ2v) is 3.70. The van der Waals surface area contributed by atoms with Crippen molar-refractivity contribution in [1.29, 1.82) is 0 Å². The molecule has 0 aromatic heterocycles. The molecule has 3 heteroatoms. The molecule has 0 aromatic carbocycles. The van der Waals surface area contributed by atoms with Crippen molar-refractivity contribution in [3.05, 3.63) is 22.3 Å². The monoisotopic (exact) mass is 294 g/mol. The first kappa shape index (κ1) is 11.2. The minimum Gasteiger partial charge on any atom is -0.352 e. The fourth-order valence-corrected chi connectivity index (χ4v) is 1.82. The van der Waals surface area contributed by atoms with Gasteiger partial charge in [0.1, 0.15) is 0 Å². The Morgan fingerprint density at radius 1 is 1.54 bits per heavy atom. The third-order valence-corrected chi connectivity index (χ3v) is 2.61. The molecule has 0 spiro atoms. The van der Waals surface area contributed by atoms with E-state index in [0.29, 0.717) is 5.92 Å². The largest absolute Gasteiger partial charge is 0.352 e. The van der Waals surface area contributed by atoms with E-state index in [-0.39, 0.29) is 12.4 Å². The normalized spacial score (nSPS) is 34.2. The van der Waals surface area contributed by atoms with Crippen molar-refractivity contribution in [3.63, 3.8) is 0 Å². The predicted octanol–water partition coefficient (Wildman–Crippen LogP) is 2.89. The van der Waals surface area contributed by atoms with Gasteiger partial charge in [-0.25, -0.2) is 0 Å². The highest BCUT2D eigenvalue weighted by Crippen LogP contribution is 2.23. The molecule has 0 amide bonds. The van der Waals surface area contributed by atoms with E-state index in [1.807, 2.05) is 10.2 Å². The number of halogens is 1. The van der Waals surface area contributed by atoms with E-state index in [0.717, 1.165) is 6.42 Å². The summed E-state index contributed by atoms with van der Waals surface area (Å²) in [5.41, 5.74) is 0. The number of methoxy groups -OCH3 is 1. The van der Waals surface area contributed by atoms with Crippen LogP contribution in [0.1, 0.15) is 13.3 Å². The van der Waals surface area contributed by atoms with Crippen LogP contribution in [0.4, 0.5) is 0 Å². The molecule has 0 aliphatic carbocycles. The van der Waals surface area contributed by atoms with E-state index in [1.54, 1.807) is 7.11 Å². The first-order valence-corrected chi connectivity index (χ1v) is 5.69. The summed E-state index contributed by atoms with van der Waals surface area (Å²) >= 11 is 2.21. The number of ether oxygens (including phenoxy) is 2. The van der Waals surface area contributed by atoms with Crippen LogP contribution in [0.3, 0.4) is 0 Å². The average Bonchev–Trinajstić information content (AvgIpc) is 2.18. The molecule has 74 valence electrons. The highest BCUT2D eigenvalue weighted by Gasteiger charge is 2.23. The molecule has 0 unspecified atom stereocenters. The zero-order chi connectivity index (χ0) is 9.68. The van der Waals surface area contributed by atoms with Gasteiger partial charge in [-0.1, -0.05) is 35.6 Å². The SMILES string of the molecule is CC[C@H]1C=C[C@H](OC)O[C@H]1/C=C/I. The highest BCUT2D eigenvalue weighted by atomic mass is 127. The molecule has 0 bridgehead atoms. The van der Waals surface area contributed by atoms with Crippen LogP contribution in [0.5, 0.6) is 0 Å². The van der Waals surface area contributed by atoms with E-state index in [4.69, 9.17) is 9.47 Å². The molecule has 1 aliphatic rings. The van der Waals surface area contributed by atoms with E-state index < -0.39 is 0 Å². The molecule has 0 fully saturated rings. The summed E-state index contributed by atoms with van der Waals surface area (Å²) in [5.74, 6) is 0.484. The fraction of sp³-hybridized carbons (Fsp3) is 0.600. The van der Waals surface area contributed by atoms with Crippen LogP contribution in [0, 0.1) is 5.92 Å². The quantitative estimate of drug-likeness (QED) is 0.588. The molecule has 2 nitrogen and oxygen atoms in total. The average molecular weight is 294 g/mol. The zero-order valence-electron chi connectivity index (χ0n) is 7.94. The molecule has 1 aliphatic heterocycles. The first-order valence-electron chi connectivity index (χ1n) is 4.45. The van der Waals surface area contributed by atoms with Gasteiger partial charge in [-0.2, -0.15) is 0 Å². The predicted molar refractivity (Wildman–Crippen MR) is 61.8 cm³/mol. The van der Waals surface area contributed by atoms with Gasteiger partial charge in [0, 0.05) is 13.0 Å². The molecule has 0 saturated heterocycles. The Balaban J connectivity index is 2.64. The van der Waals surface area contributed by atoms with Crippen LogP contribution in [-0.2, 0) is 9.47 Å². The molecule has 1 rings (SSSR count). The lowest BCUT2D eigenvalue weighted by Gasteiger charge is -2.28. The Morgan fingerprint density at radius 2 is 2.31 bits per heavy atom. The van der Waals surface area contributed by atoms with E-state index in [2.05, 4.69) is 41.7 Å². The van der Waals surface area contributed by atoms with Gasteiger partial charge in [-0.05, 0) is 22.7 Å². The molecule has 0 aromatic rings. The van der Waals surface area contributed by atoms with Crippen LogP contribution < -0.4 is 0 Å². The molecule has 0 N–H and O–H groups in total. The van der Waals surface area contributed by atoms with Gasteiger partial charge >= 0.3 is 0 Å².